The van der Waals surface area contributed by atoms with Gasteiger partial charge in [0.05, 0.1) is 11.1 Å². The number of benzene rings is 1. The van der Waals surface area contributed by atoms with Crippen LogP contribution in [0.5, 0.6) is 0 Å². The van der Waals surface area contributed by atoms with Gasteiger partial charge in [0.2, 0.25) is 5.89 Å². The van der Waals surface area contributed by atoms with Crippen LogP contribution in [0.2, 0.25) is 5.02 Å². The molecule has 0 bridgehead atoms. The second kappa shape index (κ2) is 4.52. The zero-order valence-corrected chi connectivity index (χ0v) is 10.8. The van der Waals surface area contributed by atoms with Crippen molar-refractivity contribution in [2.45, 2.75) is 25.8 Å². The number of nitrogens with zero attached hydrogens (tertiary/aromatic N) is 1. The molecule has 3 rings (SSSR count). The van der Waals surface area contributed by atoms with Crippen molar-refractivity contribution in [1.29, 1.82) is 0 Å². The van der Waals surface area contributed by atoms with Crippen LogP contribution in [0.4, 0.5) is 4.39 Å². The topological polar surface area (TPSA) is 38.1 Å². The molecule has 2 atom stereocenters. The van der Waals surface area contributed by atoms with Gasteiger partial charge in [0.1, 0.15) is 11.3 Å². The summed E-state index contributed by atoms with van der Waals surface area (Å²) in [5.74, 6) is 0.793. The van der Waals surface area contributed by atoms with E-state index in [1.165, 1.54) is 12.1 Å². The van der Waals surface area contributed by atoms with Crippen LogP contribution in [0.25, 0.3) is 11.1 Å². The van der Waals surface area contributed by atoms with Crippen LogP contribution >= 0.6 is 11.6 Å². The number of hydrogen-bond donors (Lipinski definition) is 1. The molecule has 1 N–H and O–H groups in total. The molecule has 18 heavy (non-hydrogen) atoms. The Morgan fingerprint density at radius 2 is 2.33 bits per heavy atom. The summed E-state index contributed by atoms with van der Waals surface area (Å²) in [6, 6.07) is 2.91. The van der Waals surface area contributed by atoms with Crippen LogP contribution in [0.15, 0.2) is 16.5 Å². The minimum atomic E-state index is -0.475. The molecule has 1 fully saturated rings. The van der Waals surface area contributed by atoms with E-state index in [1.807, 2.05) is 0 Å². The number of nitrogens with one attached hydrogen (secondary N) is 1. The highest BCUT2D eigenvalue weighted by atomic mass is 35.5. The number of piperidine rings is 1. The first-order valence-electron chi connectivity index (χ1n) is 6.12. The first-order chi connectivity index (χ1) is 8.63. The molecule has 0 spiro atoms. The smallest absolute Gasteiger partial charge is 0.212 e. The Balaban J connectivity index is 1.97. The first-order valence-corrected chi connectivity index (χ1v) is 6.50. The average molecular weight is 269 g/mol. The van der Waals surface area contributed by atoms with Crippen molar-refractivity contribution in [3.05, 3.63) is 28.9 Å². The maximum absolute atomic E-state index is 13.3. The monoisotopic (exact) mass is 268 g/mol. The summed E-state index contributed by atoms with van der Waals surface area (Å²) in [5, 5.41) is 3.45. The summed E-state index contributed by atoms with van der Waals surface area (Å²) in [7, 11) is 0. The lowest BCUT2D eigenvalue weighted by atomic mass is 9.94. The van der Waals surface area contributed by atoms with Gasteiger partial charge in [-0.3, -0.25) is 0 Å². The van der Waals surface area contributed by atoms with Crippen LogP contribution in [0.1, 0.15) is 31.7 Å². The standard InChI is InChI=1S/C13H14ClFN2O/c1-7-2-3-16-11(4-7)13-17-10-5-8(14)9(15)6-12(10)18-13/h5-7,11,16H,2-4H2,1H3. The highest BCUT2D eigenvalue weighted by Gasteiger charge is 2.24. The second-order valence-corrected chi connectivity index (χ2v) is 5.33. The molecule has 0 radical (unpaired) electrons. The summed E-state index contributed by atoms with van der Waals surface area (Å²) >= 11 is 5.73. The number of oxazole rings is 1. The highest BCUT2D eigenvalue weighted by Crippen LogP contribution is 2.30. The third-order valence-corrected chi connectivity index (χ3v) is 3.70. The average Bonchev–Trinajstić information content (AvgIpc) is 2.73. The fourth-order valence-corrected chi connectivity index (χ4v) is 2.54. The van der Waals surface area contributed by atoms with Crippen molar-refractivity contribution < 1.29 is 8.81 Å². The molecule has 1 aromatic heterocycles. The van der Waals surface area contributed by atoms with Crippen molar-refractivity contribution in [2.24, 2.45) is 5.92 Å². The van der Waals surface area contributed by atoms with Gasteiger partial charge in [0.25, 0.3) is 0 Å². The third kappa shape index (κ3) is 2.10. The lowest BCUT2D eigenvalue weighted by Crippen LogP contribution is -2.30. The van der Waals surface area contributed by atoms with Crippen LogP contribution in [0, 0.1) is 11.7 Å². The molecule has 0 amide bonds. The van der Waals surface area contributed by atoms with Crippen LogP contribution in [0.3, 0.4) is 0 Å². The predicted molar refractivity (Wildman–Crippen MR) is 68.1 cm³/mol. The number of rotatable bonds is 1. The Bertz CT molecular complexity index is 545. The molecule has 96 valence electrons. The molecule has 1 aliphatic heterocycles. The molecule has 2 heterocycles. The second-order valence-electron chi connectivity index (χ2n) is 4.92. The van der Waals surface area contributed by atoms with E-state index in [4.69, 9.17) is 16.0 Å². The van der Waals surface area contributed by atoms with E-state index in [0.29, 0.717) is 22.9 Å². The summed E-state index contributed by atoms with van der Waals surface area (Å²) in [4.78, 5) is 4.39. The Kier molecular flexibility index (Phi) is 2.99. The maximum Gasteiger partial charge on any atom is 0.212 e. The van der Waals surface area contributed by atoms with Gasteiger partial charge >= 0.3 is 0 Å². The molecule has 1 aromatic carbocycles. The Morgan fingerprint density at radius 3 is 3.11 bits per heavy atom. The van der Waals surface area contributed by atoms with Gasteiger partial charge < -0.3 is 9.73 Å². The van der Waals surface area contributed by atoms with Gasteiger partial charge in [-0.15, -0.1) is 0 Å². The molecule has 2 aromatic rings. The fraction of sp³-hybridized carbons (Fsp3) is 0.462. The van der Waals surface area contributed by atoms with Gasteiger partial charge in [-0.2, -0.15) is 0 Å². The zero-order chi connectivity index (χ0) is 12.7. The normalized spacial score (nSPS) is 24.6. The number of aromatic nitrogens is 1. The molecule has 2 unspecified atom stereocenters. The van der Waals surface area contributed by atoms with Gasteiger partial charge in [-0.25, -0.2) is 9.37 Å². The molecule has 0 aliphatic carbocycles. The van der Waals surface area contributed by atoms with Crippen LogP contribution < -0.4 is 5.32 Å². The molecule has 5 heteroatoms. The Hall–Kier alpha value is -1.13. The van der Waals surface area contributed by atoms with Crippen LogP contribution in [-0.4, -0.2) is 11.5 Å². The Morgan fingerprint density at radius 1 is 1.50 bits per heavy atom. The van der Waals surface area contributed by atoms with Crippen molar-refractivity contribution in [3.63, 3.8) is 0 Å². The molecule has 3 nitrogen and oxygen atoms in total. The van der Waals surface area contributed by atoms with E-state index in [2.05, 4.69) is 17.2 Å². The molecule has 0 saturated carbocycles. The summed E-state index contributed by atoms with van der Waals surface area (Å²) < 4.78 is 18.9. The molecular weight excluding hydrogens is 255 g/mol. The van der Waals surface area contributed by atoms with Gasteiger partial charge in [0.15, 0.2) is 5.58 Å². The third-order valence-electron chi connectivity index (χ3n) is 3.41. The number of fused-ring (bicyclic) bond motifs is 1. The lowest BCUT2D eigenvalue weighted by molar-refractivity contribution is 0.287. The predicted octanol–water partition coefficient (Wildman–Crippen LogP) is 3.68. The van der Waals surface area contributed by atoms with Gasteiger partial charge in [0, 0.05) is 6.07 Å². The van der Waals surface area contributed by atoms with Gasteiger partial charge in [-0.05, 0) is 31.4 Å². The van der Waals surface area contributed by atoms with E-state index in [9.17, 15) is 4.39 Å². The van der Waals surface area contributed by atoms with Crippen molar-refractivity contribution in [3.8, 4) is 0 Å². The summed E-state index contributed by atoms with van der Waals surface area (Å²) in [5.41, 5.74) is 1.06. The van der Waals surface area contributed by atoms with Crippen LogP contribution in [-0.2, 0) is 0 Å². The summed E-state index contributed by atoms with van der Waals surface area (Å²) in [6.45, 7) is 3.17. The van der Waals surface area contributed by atoms with Crippen molar-refractivity contribution in [1.82, 2.24) is 10.3 Å². The minimum Gasteiger partial charge on any atom is -0.439 e. The van der Waals surface area contributed by atoms with Gasteiger partial charge in [-0.1, -0.05) is 18.5 Å². The quantitative estimate of drug-likeness (QED) is 0.857. The van der Waals surface area contributed by atoms with E-state index in [0.717, 1.165) is 19.4 Å². The zero-order valence-electron chi connectivity index (χ0n) is 10.0. The van der Waals surface area contributed by atoms with E-state index in [1.54, 1.807) is 0 Å². The van der Waals surface area contributed by atoms with E-state index >= 15 is 0 Å². The number of hydrogen-bond acceptors (Lipinski definition) is 3. The van der Waals surface area contributed by atoms with E-state index < -0.39 is 5.82 Å². The van der Waals surface area contributed by atoms with E-state index in [-0.39, 0.29) is 11.1 Å². The fourth-order valence-electron chi connectivity index (χ4n) is 2.39. The first kappa shape index (κ1) is 11.9. The van der Waals surface area contributed by atoms with Crippen molar-refractivity contribution >= 4 is 22.7 Å². The largest absolute Gasteiger partial charge is 0.439 e. The summed E-state index contributed by atoms with van der Waals surface area (Å²) in [6.07, 6.45) is 2.15. The minimum absolute atomic E-state index is 0.0762. The molecule has 1 saturated heterocycles. The molecule has 1 aliphatic rings. The molecular formula is C13H14ClFN2O. The van der Waals surface area contributed by atoms with Crippen molar-refractivity contribution in [2.75, 3.05) is 6.54 Å². The highest BCUT2D eigenvalue weighted by molar-refractivity contribution is 6.31. The number of halogens is 2. The lowest BCUT2D eigenvalue weighted by Gasteiger charge is -2.25. The SMILES string of the molecule is CC1CCNC(c2nc3cc(Cl)c(F)cc3o2)C1. The maximum atomic E-state index is 13.3. The Labute approximate surface area is 109 Å².